The molecule has 0 spiro atoms. The number of likely N-dealkylation sites (N-methyl/N-ethyl adjacent to an activating group) is 1. The van der Waals surface area contributed by atoms with Crippen LogP contribution in [0.4, 0.5) is 17.5 Å². The number of hydrogen-bond donors (Lipinski definition) is 0. The number of nitro groups is 1. The molecule has 0 aliphatic carbocycles. The van der Waals surface area contributed by atoms with Crippen LogP contribution in [0.1, 0.15) is 18.4 Å². The first kappa shape index (κ1) is 19.0. The van der Waals surface area contributed by atoms with Gasteiger partial charge in [0.2, 0.25) is 5.95 Å². The van der Waals surface area contributed by atoms with Crippen LogP contribution < -0.4 is 9.80 Å². The Morgan fingerprint density at radius 1 is 1.30 bits per heavy atom. The average Bonchev–Trinajstić information content (AvgIpc) is 2.68. The maximum atomic E-state index is 11.0. The number of aromatic nitrogens is 2. The molecule has 0 bridgehead atoms. The number of rotatable bonds is 6. The Morgan fingerprint density at radius 2 is 2.11 bits per heavy atom. The van der Waals surface area contributed by atoms with Crippen molar-refractivity contribution < 1.29 is 4.92 Å². The van der Waals surface area contributed by atoms with Crippen molar-refractivity contribution in [2.45, 2.75) is 25.4 Å². The molecule has 3 rings (SSSR count). The molecule has 1 unspecified atom stereocenters. The van der Waals surface area contributed by atoms with Crippen molar-refractivity contribution in [3.63, 3.8) is 0 Å². The summed E-state index contributed by atoms with van der Waals surface area (Å²) in [5, 5.41) is 11.0. The Kier molecular flexibility index (Phi) is 5.85. The summed E-state index contributed by atoms with van der Waals surface area (Å²) in [7, 11) is 5.97. The fraction of sp³-hybridized carbons (Fsp3) is 0.474. The summed E-state index contributed by atoms with van der Waals surface area (Å²) in [6, 6.07) is 9.11. The van der Waals surface area contributed by atoms with Gasteiger partial charge in [0, 0.05) is 58.6 Å². The molecule has 0 saturated carbocycles. The molecule has 1 aromatic carbocycles. The summed E-state index contributed by atoms with van der Waals surface area (Å²) in [5.74, 6) is 1.61. The third kappa shape index (κ3) is 4.71. The molecule has 144 valence electrons. The van der Waals surface area contributed by atoms with Crippen LogP contribution >= 0.6 is 0 Å². The zero-order valence-electron chi connectivity index (χ0n) is 16.1. The summed E-state index contributed by atoms with van der Waals surface area (Å²) in [6.07, 6.45) is 3.95. The Balaban J connectivity index is 1.68. The first-order valence-corrected chi connectivity index (χ1v) is 9.13. The second-order valence-corrected chi connectivity index (χ2v) is 7.18. The lowest BCUT2D eigenvalue weighted by Gasteiger charge is -2.37. The third-order valence-corrected chi connectivity index (χ3v) is 4.96. The van der Waals surface area contributed by atoms with Crippen LogP contribution in [0.3, 0.4) is 0 Å². The van der Waals surface area contributed by atoms with Crippen molar-refractivity contribution in [2.24, 2.45) is 0 Å². The van der Waals surface area contributed by atoms with E-state index in [4.69, 9.17) is 0 Å². The molecule has 2 heterocycles. The maximum Gasteiger partial charge on any atom is 0.269 e. The van der Waals surface area contributed by atoms with E-state index in [0.717, 1.165) is 43.3 Å². The van der Waals surface area contributed by atoms with E-state index >= 15 is 0 Å². The summed E-state index contributed by atoms with van der Waals surface area (Å²) in [6.45, 7) is 2.59. The van der Waals surface area contributed by atoms with Crippen molar-refractivity contribution in [3.8, 4) is 0 Å². The maximum absolute atomic E-state index is 11.0. The van der Waals surface area contributed by atoms with E-state index in [-0.39, 0.29) is 10.6 Å². The largest absolute Gasteiger partial charge is 0.363 e. The molecule has 0 amide bonds. The average molecular weight is 370 g/mol. The number of nitrogens with zero attached hydrogens (tertiary/aromatic N) is 6. The number of nitro benzene ring substituents is 1. The minimum atomic E-state index is -0.342. The van der Waals surface area contributed by atoms with Gasteiger partial charge in [0.05, 0.1) is 4.92 Å². The van der Waals surface area contributed by atoms with E-state index in [2.05, 4.69) is 19.8 Å². The lowest BCUT2D eigenvalue weighted by Crippen LogP contribution is -2.46. The topological polar surface area (TPSA) is 78.6 Å². The highest BCUT2D eigenvalue weighted by Crippen LogP contribution is 2.22. The monoisotopic (exact) mass is 370 g/mol. The first-order valence-electron chi connectivity index (χ1n) is 9.13. The van der Waals surface area contributed by atoms with E-state index in [1.54, 1.807) is 18.3 Å². The predicted octanol–water partition coefficient (Wildman–Crippen LogP) is 2.55. The molecule has 1 fully saturated rings. The van der Waals surface area contributed by atoms with Gasteiger partial charge in [-0.1, -0.05) is 12.1 Å². The number of non-ortho nitro benzene ring substituents is 1. The van der Waals surface area contributed by atoms with Gasteiger partial charge in [-0.05, 0) is 31.0 Å². The Morgan fingerprint density at radius 3 is 2.85 bits per heavy atom. The first-order chi connectivity index (χ1) is 12.9. The van der Waals surface area contributed by atoms with Crippen molar-refractivity contribution in [1.29, 1.82) is 0 Å². The highest BCUT2D eigenvalue weighted by molar-refractivity contribution is 5.42. The van der Waals surface area contributed by atoms with Crippen molar-refractivity contribution >= 4 is 17.5 Å². The lowest BCUT2D eigenvalue weighted by molar-refractivity contribution is -0.384. The van der Waals surface area contributed by atoms with E-state index < -0.39 is 0 Å². The van der Waals surface area contributed by atoms with E-state index in [9.17, 15) is 10.1 Å². The molecule has 27 heavy (non-hydrogen) atoms. The number of anilines is 2. The van der Waals surface area contributed by atoms with E-state index in [1.807, 2.05) is 38.2 Å². The molecule has 8 nitrogen and oxygen atoms in total. The molecular formula is C19H26N6O2. The Bertz CT molecular complexity index is 797. The minimum Gasteiger partial charge on any atom is -0.363 e. The zero-order chi connectivity index (χ0) is 19.4. The second kappa shape index (κ2) is 8.30. The minimum absolute atomic E-state index is 0.145. The Hall–Kier alpha value is -2.74. The predicted molar refractivity (Wildman–Crippen MR) is 106 cm³/mol. The molecule has 1 aliphatic rings. The molecule has 1 aliphatic heterocycles. The zero-order valence-corrected chi connectivity index (χ0v) is 16.1. The number of likely N-dealkylation sites (tertiary alicyclic amines) is 1. The van der Waals surface area contributed by atoms with Crippen molar-refractivity contribution in [1.82, 2.24) is 14.9 Å². The Labute approximate surface area is 159 Å². The molecule has 1 saturated heterocycles. The van der Waals surface area contributed by atoms with Gasteiger partial charge in [-0.2, -0.15) is 4.98 Å². The lowest BCUT2D eigenvalue weighted by atomic mass is 10.0. The fourth-order valence-electron chi connectivity index (χ4n) is 3.44. The van der Waals surface area contributed by atoms with Gasteiger partial charge >= 0.3 is 0 Å². The molecule has 1 atom stereocenters. The van der Waals surface area contributed by atoms with Gasteiger partial charge in [-0.25, -0.2) is 4.98 Å². The van der Waals surface area contributed by atoms with Gasteiger partial charge in [0.25, 0.3) is 5.69 Å². The summed E-state index contributed by atoms with van der Waals surface area (Å²) in [5.41, 5.74) is 1.12. The van der Waals surface area contributed by atoms with Crippen LogP contribution in [-0.4, -0.2) is 60.1 Å². The van der Waals surface area contributed by atoms with Crippen molar-refractivity contribution in [2.75, 3.05) is 44.0 Å². The summed E-state index contributed by atoms with van der Waals surface area (Å²) >= 11 is 0. The third-order valence-electron chi connectivity index (χ3n) is 4.96. The molecule has 8 heteroatoms. The normalized spacial score (nSPS) is 17.5. The standard InChI is InChI=1S/C19H26N6O2/c1-22(2)18-9-10-20-19(21-18)23(3)17-8-5-11-24(14-17)13-15-6-4-7-16(12-15)25(26)27/h4,6-7,9-10,12,17H,5,8,11,13-14H2,1-3H3. The van der Waals surface area contributed by atoms with Crippen LogP contribution in [0.15, 0.2) is 36.5 Å². The molecule has 1 aromatic heterocycles. The smallest absolute Gasteiger partial charge is 0.269 e. The van der Waals surface area contributed by atoms with Gasteiger partial charge in [0.1, 0.15) is 5.82 Å². The second-order valence-electron chi connectivity index (χ2n) is 7.18. The molecular weight excluding hydrogens is 344 g/mol. The highest BCUT2D eigenvalue weighted by Gasteiger charge is 2.25. The van der Waals surface area contributed by atoms with Crippen LogP contribution in [0.5, 0.6) is 0 Å². The van der Waals surface area contributed by atoms with Gasteiger partial charge in [-0.3, -0.25) is 15.0 Å². The summed E-state index contributed by atoms with van der Waals surface area (Å²) in [4.78, 5) is 26.2. The number of piperidine rings is 1. The molecule has 2 aromatic rings. The highest BCUT2D eigenvalue weighted by atomic mass is 16.6. The molecule has 0 N–H and O–H groups in total. The van der Waals surface area contributed by atoms with E-state index in [0.29, 0.717) is 12.6 Å². The van der Waals surface area contributed by atoms with Gasteiger partial charge < -0.3 is 9.80 Å². The quantitative estimate of drug-likeness (QED) is 0.571. The molecule has 0 radical (unpaired) electrons. The van der Waals surface area contributed by atoms with Gasteiger partial charge in [-0.15, -0.1) is 0 Å². The van der Waals surface area contributed by atoms with Crippen LogP contribution in [0.25, 0.3) is 0 Å². The summed E-state index contributed by atoms with van der Waals surface area (Å²) < 4.78 is 0. The van der Waals surface area contributed by atoms with E-state index in [1.165, 1.54) is 6.07 Å². The van der Waals surface area contributed by atoms with Crippen LogP contribution in [0.2, 0.25) is 0 Å². The van der Waals surface area contributed by atoms with Crippen molar-refractivity contribution in [3.05, 3.63) is 52.2 Å². The number of benzene rings is 1. The SMILES string of the molecule is CN(C)c1ccnc(N(C)C2CCCN(Cc3cccc([N+](=O)[O-])c3)C2)n1. The van der Waals surface area contributed by atoms with Crippen LogP contribution in [0, 0.1) is 10.1 Å². The van der Waals surface area contributed by atoms with Gasteiger partial charge in [0.15, 0.2) is 0 Å². The fourth-order valence-corrected chi connectivity index (χ4v) is 3.44. The van der Waals surface area contributed by atoms with Crippen LogP contribution in [-0.2, 0) is 6.54 Å². The number of hydrogen-bond acceptors (Lipinski definition) is 7.